The molecule has 6 rings (SSSR count). The lowest BCUT2D eigenvalue weighted by Gasteiger charge is -2.24. The summed E-state index contributed by atoms with van der Waals surface area (Å²) in [7, 11) is 3.45. The van der Waals surface area contributed by atoms with Gasteiger partial charge in [-0.1, -0.05) is 0 Å². The molecule has 1 amide bonds. The van der Waals surface area contributed by atoms with Gasteiger partial charge >= 0.3 is 11.8 Å². The second kappa shape index (κ2) is 14.2. The lowest BCUT2D eigenvalue weighted by molar-refractivity contribution is -0.116. The number of nitrogens with zero attached hydrogens (tertiary/aromatic N) is 5. The fourth-order valence-corrected chi connectivity index (χ4v) is 6.21. The van der Waals surface area contributed by atoms with Gasteiger partial charge in [0.1, 0.15) is 0 Å². The number of anilines is 2. The number of amides is 1. The van der Waals surface area contributed by atoms with E-state index >= 15 is 0 Å². The molecule has 4 aromatic rings. The molecule has 4 heterocycles. The number of aromatic nitrogens is 4. The van der Waals surface area contributed by atoms with Crippen molar-refractivity contribution in [1.82, 2.24) is 19.1 Å². The first-order valence-electron chi connectivity index (χ1n) is 16.1. The Hall–Kier alpha value is -3.71. The fourth-order valence-electron chi connectivity index (χ4n) is 6.21. The van der Waals surface area contributed by atoms with E-state index in [1.807, 2.05) is 18.2 Å². The zero-order valence-electron chi connectivity index (χ0n) is 27.7. The number of imidazole rings is 2. The van der Waals surface area contributed by atoms with E-state index in [0.717, 1.165) is 50.7 Å². The van der Waals surface area contributed by atoms with Crippen molar-refractivity contribution in [2.75, 3.05) is 50.7 Å². The molecular formula is C34H44F4N6O3. The van der Waals surface area contributed by atoms with Gasteiger partial charge in [0.25, 0.3) is 0 Å². The molecule has 0 saturated carbocycles. The molecule has 2 aliphatic heterocycles. The van der Waals surface area contributed by atoms with Gasteiger partial charge in [-0.3, -0.25) is 4.79 Å². The van der Waals surface area contributed by atoms with Gasteiger partial charge in [-0.25, -0.2) is 9.97 Å². The summed E-state index contributed by atoms with van der Waals surface area (Å²) < 4.78 is 70.2. The van der Waals surface area contributed by atoms with Crippen LogP contribution in [0.25, 0.3) is 22.1 Å². The van der Waals surface area contributed by atoms with Crippen LogP contribution in [0.5, 0.6) is 0 Å². The van der Waals surface area contributed by atoms with E-state index in [0.29, 0.717) is 73.6 Å². The number of benzene rings is 2. The summed E-state index contributed by atoms with van der Waals surface area (Å²) >= 11 is 0. The molecule has 13 heteroatoms. The van der Waals surface area contributed by atoms with E-state index in [-0.39, 0.29) is 17.6 Å². The van der Waals surface area contributed by atoms with Crippen LogP contribution < -0.4 is 10.2 Å². The third-order valence-corrected chi connectivity index (χ3v) is 8.98. The van der Waals surface area contributed by atoms with Crippen molar-refractivity contribution < 1.29 is 31.8 Å². The molecule has 0 radical (unpaired) electrons. The average Bonchev–Trinajstić information content (AvgIpc) is 3.60. The lowest BCUT2D eigenvalue weighted by Crippen LogP contribution is -2.24. The number of rotatable bonds is 8. The lowest BCUT2D eigenvalue weighted by atomic mass is 10.00. The molecule has 2 saturated heterocycles. The van der Waals surface area contributed by atoms with Crippen molar-refractivity contribution in [2.24, 2.45) is 11.8 Å². The van der Waals surface area contributed by atoms with E-state index in [1.165, 1.54) is 11.8 Å². The molecule has 47 heavy (non-hydrogen) atoms. The van der Waals surface area contributed by atoms with E-state index in [1.54, 1.807) is 41.4 Å². The normalized spacial score (nSPS) is 16.7. The number of hydrogen-bond donors (Lipinski definition) is 1. The first-order valence-corrected chi connectivity index (χ1v) is 16.1. The van der Waals surface area contributed by atoms with Crippen LogP contribution in [0, 0.1) is 11.8 Å². The minimum atomic E-state index is -3.03. The van der Waals surface area contributed by atoms with Crippen molar-refractivity contribution in [3.8, 4) is 0 Å². The molecule has 256 valence electrons. The number of carbonyl (C=O) groups is 1. The van der Waals surface area contributed by atoms with Gasteiger partial charge < -0.3 is 28.8 Å². The zero-order valence-corrected chi connectivity index (χ0v) is 27.7. The summed E-state index contributed by atoms with van der Waals surface area (Å²) in [4.78, 5) is 21.4. The maximum absolute atomic E-state index is 14.1. The maximum Gasteiger partial charge on any atom is 0.302 e. The Kier molecular flexibility index (Phi) is 10.4. The average molecular weight is 661 g/mol. The molecule has 2 fully saturated rings. The molecule has 0 atom stereocenters. The van der Waals surface area contributed by atoms with Crippen LogP contribution >= 0.6 is 0 Å². The Morgan fingerprint density at radius 2 is 1.28 bits per heavy atom. The summed E-state index contributed by atoms with van der Waals surface area (Å²) in [6, 6.07) is 10.8. The second-order valence-corrected chi connectivity index (χ2v) is 12.7. The smallest absolute Gasteiger partial charge is 0.302 e. The Balaban J connectivity index is 0.000000186. The predicted octanol–water partition coefficient (Wildman–Crippen LogP) is 7.17. The summed E-state index contributed by atoms with van der Waals surface area (Å²) in [5.41, 5.74) is 4.03. The van der Waals surface area contributed by atoms with Crippen LogP contribution in [0.15, 0.2) is 36.4 Å². The standard InChI is InChI=1S/C18H23F2N3O2.C16H21F2N3O/c1-12(24)22(3)14-4-5-16-15(10-14)21-17(18(2,19)20)23(16)11-13-6-8-25-9-7-13;1-16(17,18)15-20-13-9-12(19-2)3-4-14(13)21(15)10-11-5-7-22-8-6-11/h4-5,10,13H,6-9,11H2,1-3H3;3-4,9,11,19H,5-8,10H2,1-2H3. The molecule has 0 bridgehead atoms. The fraction of sp³-hybridized carbons (Fsp3) is 0.559. The molecule has 2 aromatic carbocycles. The van der Waals surface area contributed by atoms with Crippen LogP contribution in [-0.2, 0) is 39.2 Å². The number of nitrogens with one attached hydrogen (secondary N) is 1. The van der Waals surface area contributed by atoms with Crippen molar-refractivity contribution in [1.29, 1.82) is 0 Å². The molecule has 1 N–H and O–H groups in total. The summed E-state index contributed by atoms with van der Waals surface area (Å²) in [6.45, 7) is 7.06. The van der Waals surface area contributed by atoms with Crippen LogP contribution in [0.3, 0.4) is 0 Å². The van der Waals surface area contributed by atoms with Gasteiger partial charge in [-0.15, -0.1) is 0 Å². The van der Waals surface area contributed by atoms with Crippen molar-refractivity contribution >= 4 is 39.3 Å². The van der Waals surface area contributed by atoms with Crippen LogP contribution in [-0.4, -0.2) is 65.5 Å². The number of hydrogen-bond acceptors (Lipinski definition) is 6. The Morgan fingerprint density at radius 1 is 0.830 bits per heavy atom. The van der Waals surface area contributed by atoms with Gasteiger partial charge in [-0.05, 0) is 73.9 Å². The Morgan fingerprint density at radius 3 is 1.70 bits per heavy atom. The van der Waals surface area contributed by atoms with E-state index in [2.05, 4.69) is 15.3 Å². The number of fused-ring (bicyclic) bond motifs is 2. The van der Waals surface area contributed by atoms with Gasteiger partial charge in [-0.2, -0.15) is 17.6 Å². The molecule has 2 aromatic heterocycles. The molecule has 9 nitrogen and oxygen atoms in total. The molecular weight excluding hydrogens is 616 g/mol. The molecule has 0 spiro atoms. The topological polar surface area (TPSA) is 86.4 Å². The summed E-state index contributed by atoms with van der Waals surface area (Å²) in [5.74, 6) is -5.83. The highest BCUT2D eigenvalue weighted by atomic mass is 19.3. The van der Waals surface area contributed by atoms with Gasteiger partial charge in [0, 0.05) is 85.8 Å². The van der Waals surface area contributed by atoms with Crippen LogP contribution in [0.4, 0.5) is 28.9 Å². The monoisotopic (exact) mass is 660 g/mol. The summed E-state index contributed by atoms with van der Waals surface area (Å²) in [5, 5.41) is 3.01. The highest BCUT2D eigenvalue weighted by Crippen LogP contribution is 2.34. The zero-order chi connectivity index (χ0) is 33.9. The first-order chi connectivity index (χ1) is 22.3. The van der Waals surface area contributed by atoms with E-state index < -0.39 is 11.8 Å². The van der Waals surface area contributed by atoms with Gasteiger partial charge in [0.2, 0.25) is 5.91 Å². The number of halogens is 4. The Bertz CT molecular complexity index is 1680. The second-order valence-electron chi connectivity index (χ2n) is 12.7. The number of carbonyl (C=O) groups excluding carboxylic acids is 1. The quantitative estimate of drug-likeness (QED) is 0.202. The third-order valence-electron chi connectivity index (χ3n) is 8.98. The van der Waals surface area contributed by atoms with E-state index in [9.17, 15) is 22.4 Å². The van der Waals surface area contributed by atoms with Crippen molar-refractivity contribution in [3.05, 3.63) is 48.0 Å². The number of ether oxygens (including phenoxy) is 2. The molecule has 0 aliphatic carbocycles. The minimum Gasteiger partial charge on any atom is -0.388 e. The van der Waals surface area contributed by atoms with Crippen LogP contribution in [0.2, 0.25) is 0 Å². The predicted molar refractivity (Wildman–Crippen MR) is 174 cm³/mol. The minimum absolute atomic E-state index is 0.123. The SMILES string of the molecule is CC(=O)N(C)c1ccc2c(c1)nc(C(C)(F)F)n2CC1CCOCC1.CNc1ccc2c(c1)nc(C(C)(F)F)n2CC1CCOCC1. The van der Waals surface area contributed by atoms with Gasteiger partial charge in [0.05, 0.1) is 22.1 Å². The number of alkyl halides is 4. The Labute approximate surface area is 272 Å². The highest BCUT2D eigenvalue weighted by Gasteiger charge is 2.34. The highest BCUT2D eigenvalue weighted by molar-refractivity contribution is 5.93. The maximum atomic E-state index is 14.1. The largest absolute Gasteiger partial charge is 0.388 e. The van der Waals surface area contributed by atoms with Gasteiger partial charge in [0.15, 0.2) is 11.6 Å². The molecule has 0 unspecified atom stereocenters. The summed E-state index contributed by atoms with van der Waals surface area (Å²) in [6.07, 6.45) is 3.53. The first kappa shape index (κ1) is 34.6. The van der Waals surface area contributed by atoms with Crippen molar-refractivity contribution in [3.63, 3.8) is 0 Å². The van der Waals surface area contributed by atoms with Crippen molar-refractivity contribution in [2.45, 2.75) is 71.4 Å². The molecule has 2 aliphatic rings. The van der Waals surface area contributed by atoms with E-state index in [4.69, 9.17) is 9.47 Å². The third kappa shape index (κ3) is 8.06. The van der Waals surface area contributed by atoms with Crippen LogP contribution in [0.1, 0.15) is 58.1 Å².